The van der Waals surface area contributed by atoms with Crippen molar-refractivity contribution < 1.29 is 19.5 Å². The van der Waals surface area contributed by atoms with Crippen LogP contribution < -0.4 is 5.32 Å². The molecule has 0 aromatic heterocycles. The highest BCUT2D eigenvalue weighted by atomic mass is 32.2. The Morgan fingerprint density at radius 3 is 2.45 bits per heavy atom. The van der Waals surface area contributed by atoms with E-state index in [9.17, 15) is 14.4 Å². The van der Waals surface area contributed by atoms with Crippen LogP contribution >= 0.6 is 11.8 Å². The minimum Gasteiger partial charge on any atom is -0.480 e. The van der Waals surface area contributed by atoms with Crippen LogP contribution in [0, 0.1) is 0 Å². The third-order valence-corrected chi connectivity index (χ3v) is 3.49. The minimum atomic E-state index is -1.10. The van der Waals surface area contributed by atoms with Crippen LogP contribution in [0.5, 0.6) is 0 Å². The summed E-state index contributed by atoms with van der Waals surface area (Å²) in [5.74, 6) is -1.81. The van der Waals surface area contributed by atoms with Gasteiger partial charge in [-0.3, -0.25) is 14.4 Å². The van der Waals surface area contributed by atoms with Gasteiger partial charge in [0.2, 0.25) is 5.78 Å². The molecular formula is C14H11NO4S. The number of carbonyl (C=O) groups excluding carboxylic acids is 2. The second kappa shape index (κ2) is 6.21. The first kappa shape index (κ1) is 14.1. The fourth-order valence-corrected chi connectivity index (χ4v) is 2.42. The Bertz CT molecular complexity index is 619. The molecule has 102 valence electrons. The van der Waals surface area contributed by atoms with Gasteiger partial charge < -0.3 is 10.4 Å². The average Bonchev–Trinajstić information content (AvgIpc) is 2.42. The molecule has 0 atom stereocenters. The molecule has 0 aliphatic heterocycles. The van der Waals surface area contributed by atoms with Crippen molar-refractivity contribution in [3.8, 4) is 0 Å². The van der Waals surface area contributed by atoms with Gasteiger partial charge in [0, 0.05) is 17.0 Å². The Morgan fingerprint density at radius 2 is 1.80 bits per heavy atom. The Kier molecular flexibility index (Phi) is 4.37. The number of nitrogens with one attached hydrogen (secondary N) is 1. The van der Waals surface area contributed by atoms with Crippen LogP contribution in [-0.2, 0) is 14.4 Å². The number of carboxylic acid groups (broad SMARTS) is 1. The lowest BCUT2D eigenvalue weighted by atomic mass is 10.1. The second-order valence-electron chi connectivity index (χ2n) is 3.96. The van der Waals surface area contributed by atoms with Crippen molar-refractivity contribution in [3.05, 3.63) is 53.1 Å². The monoisotopic (exact) mass is 289 g/mol. The lowest BCUT2D eigenvalue weighted by Crippen LogP contribution is -2.28. The fraction of sp³-hybridized carbons (Fsp3) is 0.0714. The van der Waals surface area contributed by atoms with Gasteiger partial charge in [0.05, 0.1) is 10.6 Å². The van der Waals surface area contributed by atoms with E-state index in [0.29, 0.717) is 4.91 Å². The Labute approximate surface area is 119 Å². The summed E-state index contributed by atoms with van der Waals surface area (Å²) in [5, 5.41) is 11.0. The molecule has 0 heterocycles. The van der Waals surface area contributed by atoms with Gasteiger partial charge in [0.1, 0.15) is 6.54 Å². The molecule has 2 N–H and O–H groups in total. The first-order chi connectivity index (χ1) is 9.56. The van der Waals surface area contributed by atoms with Gasteiger partial charge in [0.25, 0.3) is 0 Å². The van der Waals surface area contributed by atoms with Gasteiger partial charge >= 0.3 is 5.97 Å². The normalized spacial score (nSPS) is 14.6. The maximum Gasteiger partial charge on any atom is 0.322 e. The van der Waals surface area contributed by atoms with E-state index in [1.54, 1.807) is 0 Å². The lowest BCUT2D eigenvalue weighted by molar-refractivity contribution is -0.135. The maximum absolute atomic E-state index is 11.9. The molecule has 0 radical (unpaired) electrons. The summed E-state index contributed by atoms with van der Waals surface area (Å²) < 4.78 is 0. The second-order valence-corrected chi connectivity index (χ2v) is 5.07. The third-order valence-electron chi connectivity index (χ3n) is 2.45. The highest BCUT2D eigenvalue weighted by Crippen LogP contribution is 2.29. The molecule has 1 aromatic carbocycles. The average molecular weight is 289 g/mol. The van der Waals surface area contributed by atoms with Gasteiger partial charge in [-0.25, -0.2) is 0 Å². The number of allylic oxidation sites excluding steroid dienone is 3. The number of thioether (sulfide) groups is 1. The predicted octanol–water partition coefficient (Wildman–Crippen LogP) is 1.37. The summed E-state index contributed by atoms with van der Waals surface area (Å²) in [4.78, 5) is 35.3. The summed E-state index contributed by atoms with van der Waals surface area (Å²) >= 11 is 1.20. The number of ketones is 2. The largest absolute Gasteiger partial charge is 0.480 e. The van der Waals surface area contributed by atoms with Gasteiger partial charge in [-0.15, -0.1) is 0 Å². The Morgan fingerprint density at radius 1 is 1.10 bits per heavy atom. The molecule has 2 rings (SSSR count). The van der Waals surface area contributed by atoms with Gasteiger partial charge in [-0.2, -0.15) is 0 Å². The van der Waals surface area contributed by atoms with Crippen molar-refractivity contribution in [1.29, 1.82) is 0 Å². The molecule has 0 unspecified atom stereocenters. The van der Waals surface area contributed by atoms with Gasteiger partial charge in [0.15, 0.2) is 5.78 Å². The number of rotatable bonds is 5. The summed E-state index contributed by atoms with van der Waals surface area (Å²) in [5.41, 5.74) is 0.00908. The van der Waals surface area contributed by atoms with Crippen molar-refractivity contribution in [2.24, 2.45) is 0 Å². The number of benzene rings is 1. The van der Waals surface area contributed by atoms with Crippen LogP contribution in [0.4, 0.5) is 0 Å². The Balaban J connectivity index is 2.08. The highest BCUT2D eigenvalue weighted by Gasteiger charge is 2.21. The number of hydrogen-bond acceptors (Lipinski definition) is 5. The van der Waals surface area contributed by atoms with Crippen molar-refractivity contribution in [2.75, 3.05) is 6.54 Å². The fourth-order valence-electron chi connectivity index (χ4n) is 1.55. The quantitative estimate of drug-likeness (QED) is 0.797. The molecule has 1 aliphatic rings. The van der Waals surface area contributed by atoms with E-state index >= 15 is 0 Å². The molecule has 0 spiro atoms. The van der Waals surface area contributed by atoms with Crippen LogP contribution in [0.25, 0.3) is 0 Å². The minimum absolute atomic E-state index is 0.00908. The molecule has 0 saturated heterocycles. The molecule has 0 fully saturated rings. The molecule has 1 aromatic rings. The first-order valence-electron chi connectivity index (χ1n) is 5.77. The lowest BCUT2D eigenvalue weighted by Gasteiger charge is -2.12. The van der Waals surface area contributed by atoms with E-state index in [1.807, 2.05) is 30.3 Å². The SMILES string of the molecule is O=C(O)CNC1=CC(=O)C(Sc2ccccc2)=CC1=O. The zero-order valence-corrected chi connectivity index (χ0v) is 11.1. The summed E-state index contributed by atoms with van der Waals surface area (Å²) in [6.45, 7) is -0.403. The smallest absolute Gasteiger partial charge is 0.322 e. The predicted molar refractivity (Wildman–Crippen MR) is 74.1 cm³/mol. The topological polar surface area (TPSA) is 83.5 Å². The van der Waals surface area contributed by atoms with E-state index < -0.39 is 18.3 Å². The van der Waals surface area contributed by atoms with Crippen LogP contribution in [0.2, 0.25) is 0 Å². The third kappa shape index (κ3) is 3.58. The summed E-state index contributed by atoms with van der Waals surface area (Å²) in [6.07, 6.45) is 2.36. The van der Waals surface area contributed by atoms with Crippen LogP contribution in [0.1, 0.15) is 0 Å². The number of hydrogen-bond donors (Lipinski definition) is 2. The van der Waals surface area contributed by atoms with Gasteiger partial charge in [-0.1, -0.05) is 30.0 Å². The zero-order valence-electron chi connectivity index (χ0n) is 10.3. The zero-order chi connectivity index (χ0) is 14.5. The van der Waals surface area contributed by atoms with Crippen LogP contribution in [0.15, 0.2) is 58.0 Å². The van der Waals surface area contributed by atoms with Crippen LogP contribution in [-0.4, -0.2) is 29.2 Å². The molecule has 1 aliphatic carbocycles. The van der Waals surface area contributed by atoms with E-state index in [2.05, 4.69) is 5.32 Å². The molecule has 0 bridgehead atoms. The summed E-state index contributed by atoms with van der Waals surface area (Å²) in [6, 6.07) is 9.22. The molecule has 5 nitrogen and oxygen atoms in total. The number of carboxylic acids is 1. The van der Waals surface area contributed by atoms with Crippen molar-refractivity contribution >= 4 is 29.3 Å². The van der Waals surface area contributed by atoms with Crippen LogP contribution in [0.3, 0.4) is 0 Å². The van der Waals surface area contributed by atoms with E-state index in [0.717, 1.165) is 11.0 Å². The van der Waals surface area contributed by atoms with Gasteiger partial charge in [-0.05, 0) is 12.1 Å². The van der Waals surface area contributed by atoms with E-state index in [4.69, 9.17) is 5.11 Å². The number of carbonyl (C=O) groups is 3. The highest BCUT2D eigenvalue weighted by molar-refractivity contribution is 8.04. The first-order valence-corrected chi connectivity index (χ1v) is 6.58. The Hall–Kier alpha value is -2.34. The molecular weight excluding hydrogens is 278 g/mol. The summed E-state index contributed by atoms with van der Waals surface area (Å²) in [7, 11) is 0. The van der Waals surface area contributed by atoms with E-state index in [1.165, 1.54) is 17.8 Å². The van der Waals surface area contributed by atoms with E-state index in [-0.39, 0.29) is 11.5 Å². The molecule has 6 heteroatoms. The van der Waals surface area contributed by atoms with Crippen molar-refractivity contribution in [3.63, 3.8) is 0 Å². The molecule has 20 heavy (non-hydrogen) atoms. The molecule has 0 amide bonds. The molecule has 0 saturated carbocycles. The van der Waals surface area contributed by atoms with Crippen molar-refractivity contribution in [1.82, 2.24) is 5.32 Å². The maximum atomic E-state index is 11.9. The van der Waals surface area contributed by atoms with Crippen molar-refractivity contribution in [2.45, 2.75) is 4.90 Å². The standard InChI is InChI=1S/C14H11NO4S/c16-11-7-13(20-9-4-2-1-3-5-9)12(17)6-10(11)15-8-14(18)19/h1-7,15H,8H2,(H,18,19). The number of aliphatic carboxylic acids is 1.